The first-order chi connectivity index (χ1) is 10.1. The third-order valence-corrected chi connectivity index (χ3v) is 3.45. The summed E-state index contributed by atoms with van der Waals surface area (Å²) in [5.41, 5.74) is 4.61. The quantitative estimate of drug-likeness (QED) is 0.823. The van der Waals surface area contributed by atoms with Crippen molar-refractivity contribution in [2.45, 2.75) is 26.8 Å². The molecule has 0 saturated carbocycles. The summed E-state index contributed by atoms with van der Waals surface area (Å²) in [4.78, 5) is 0. The van der Waals surface area contributed by atoms with E-state index >= 15 is 0 Å². The van der Waals surface area contributed by atoms with E-state index in [0.29, 0.717) is 6.04 Å². The SMILES string of the molecule is CC(=CCNC(C)C)c1ccc(-c2ccc(F)cc2)cc1. The number of benzene rings is 2. The molecule has 0 saturated heterocycles. The zero-order valence-corrected chi connectivity index (χ0v) is 12.9. The second-order valence-electron chi connectivity index (χ2n) is 5.53. The van der Waals surface area contributed by atoms with Crippen LogP contribution in [0.1, 0.15) is 26.3 Å². The Hall–Kier alpha value is -1.93. The Labute approximate surface area is 126 Å². The molecule has 0 aliphatic rings. The van der Waals surface area contributed by atoms with Gasteiger partial charge in [0, 0.05) is 12.6 Å². The number of allylic oxidation sites excluding steroid dienone is 1. The van der Waals surface area contributed by atoms with Crippen molar-refractivity contribution in [3.05, 3.63) is 66.0 Å². The summed E-state index contributed by atoms with van der Waals surface area (Å²) < 4.78 is 12.9. The van der Waals surface area contributed by atoms with E-state index in [2.05, 4.69) is 56.4 Å². The van der Waals surface area contributed by atoms with E-state index < -0.39 is 0 Å². The second-order valence-corrected chi connectivity index (χ2v) is 5.53. The fraction of sp³-hybridized carbons (Fsp3) is 0.263. The highest BCUT2D eigenvalue weighted by Gasteiger charge is 2.00. The third-order valence-electron chi connectivity index (χ3n) is 3.45. The number of hydrogen-bond acceptors (Lipinski definition) is 1. The Morgan fingerprint density at radius 1 is 1.00 bits per heavy atom. The van der Waals surface area contributed by atoms with Crippen molar-refractivity contribution < 1.29 is 4.39 Å². The molecule has 0 aromatic heterocycles. The highest BCUT2D eigenvalue weighted by molar-refractivity contribution is 5.69. The summed E-state index contributed by atoms with van der Waals surface area (Å²) in [6, 6.07) is 15.5. The molecule has 0 spiro atoms. The van der Waals surface area contributed by atoms with Crippen LogP contribution in [-0.4, -0.2) is 12.6 Å². The summed E-state index contributed by atoms with van der Waals surface area (Å²) in [5, 5.41) is 3.38. The van der Waals surface area contributed by atoms with E-state index in [9.17, 15) is 4.39 Å². The maximum atomic E-state index is 12.9. The fourth-order valence-electron chi connectivity index (χ4n) is 2.13. The van der Waals surface area contributed by atoms with Gasteiger partial charge in [0.1, 0.15) is 5.82 Å². The van der Waals surface area contributed by atoms with Crippen molar-refractivity contribution in [2.75, 3.05) is 6.54 Å². The smallest absolute Gasteiger partial charge is 0.123 e. The van der Waals surface area contributed by atoms with Crippen molar-refractivity contribution >= 4 is 5.57 Å². The Morgan fingerprint density at radius 3 is 2.05 bits per heavy atom. The van der Waals surface area contributed by atoms with Crippen LogP contribution >= 0.6 is 0 Å². The molecule has 0 aliphatic heterocycles. The molecular formula is C19H22FN. The molecule has 0 aliphatic carbocycles. The summed E-state index contributed by atoms with van der Waals surface area (Å²) in [6.45, 7) is 7.28. The van der Waals surface area contributed by atoms with Gasteiger partial charge in [0.05, 0.1) is 0 Å². The molecule has 2 aromatic rings. The first kappa shape index (κ1) is 15.5. The van der Waals surface area contributed by atoms with Gasteiger partial charge in [-0.25, -0.2) is 4.39 Å². The van der Waals surface area contributed by atoms with Gasteiger partial charge in [-0.15, -0.1) is 0 Å². The maximum absolute atomic E-state index is 12.9. The summed E-state index contributed by atoms with van der Waals surface area (Å²) in [7, 11) is 0. The monoisotopic (exact) mass is 283 g/mol. The molecule has 0 bridgehead atoms. The molecule has 21 heavy (non-hydrogen) atoms. The molecule has 110 valence electrons. The lowest BCUT2D eigenvalue weighted by atomic mass is 10.0. The van der Waals surface area contributed by atoms with Crippen LogP contribution in [0.4, 0.5) is 4.39 Å². The van der Waals surface area contributed by atoms with Crippen LogP contribution in [0.15, 0.2) is 54.6 Å². The van der Waals surface area contributed by atoms with Gasteiger partial charge in [-0.2, -0.15) is 0 Å². The largest absolute Gasteiger partial charge is 0.311 e. The molecule has 1 N–H and O–H groups in total. The molecule has 0 atom stereocenters. The van der Waals surface area contributed by atoms with E-state index in [1.807, 2.05) is 0 Å². The van der Waals surface area contributed by atoms with Crippen LogP contribution in [0.25, 0.3) is 16.7 Å². The van der Waals surface area contributed by atoms with Crippen LogP contribution in [-0.2, 0) is 0 Å². The zero-order valence-electron chi connectivity index (χ0n) is 12.9. The van der Waals surface area contributed by atoms with Gasteiger partial charge in [-0.05, 0) is 41.3 Å². The molecule has 1 nitrogen and oxygen atoms in total. The lowest BCUT2D eigenvalue weighted by Gasteiger charge is -2.07. The van der Waals surface area contributed by atoms with Crippen LogP contribution in [0.2, 0.25) is 0 Å². The normalized spacial score (nSPS) is 12.0. The van der Waals surface area contributed by atoms with Crippen LogP contribution in [0.5, 0.6) is 0 Å². The van der Waals surface area contributed by atoms with Crippen LogP contribution in [0, 0.1) is 5.82 Å². The van der Waals surface area contributed by atoms with Gasteiger partial charge in [-0.1, -0.05) is 56.3 Å². The molecular weight excluding hydrogens is 261 g/mol. The van der Waals surface area contributed by atoms with Gasteiger partial charge in [0.25, 0.3) is 0 Å². The molecule has 0 fully saturated rings. The second kappa shape index (κ2) is 7.19. The summed E-state index contributed by atoms with van der Waals surface area (Å²) >= 11 is 0. The van der Waals surface area contributed by atoms with Gasteiger partial charge >= 0.3 is 0 Å². The highest BCUT2D eigenvalue weighted by Crippen LogP contribution is 2.22. The minimum atomic E-state index is -0.202. The zero-order chi connectivity index (χ0) is 15.2. The number of halogens is 1. The number of hydrogen-bond donors (Lipinski definition) is 1. The Balaban J connectivity index is 2.09. The van der Waals surface area contributed by atoms with Crippen molar-refractivity contribution in [2.24, 2.45) is 0 Å². The molecule has 2 heteroatoms. The van der Waals surface area contributed by atoms with Crippen molar-refractivity contribution in [3.63, 3.8) is 0 Å². The molecule has 2 aromatic carbocycles. The van der Waals surface area contributed by atoms with Gasteiger partial charge in [-0.3, -0.25) is 0 Å². The first-order valence-electron chi connectivity index (χ1n) is 7.33. The van der Waals surface area contributed by atoms with Gasteiger partial charge < -0.3 is 5.32 Å². The van der Waals surface area contributed by atoms with E-state index in [4.69, 9.17) is 0 Å². The maximum Gasteiger partial charge on any atom is 0.123 e. The summed E-state index contributed by atoms with van der Waals surface area (Å²) in [5.74, 6) is -0.202. The van der Waals surface area contributed by atoms with E-state index in [0.717, 1.165) is 17.7 Å². The molecule has 0 radical (unpaired) electrons. The molecule has 0 amide bonds. The lowest BCUT2D eigenvalue weighted by molar-refractivity contribution is 0.628. The highest BCUT2D eigenvalue weighted by atomic mass is 19.1. The number of rotatable bonds is 5. The topological polar surface area (TPSA) is 12.0 Å². The van der Waals surface area contributed by atoms with Gasteiger partial charge in [0.2, 0.25) is 0 Å². The Kier molecular flexibility index (Phi) is 5.29. The average molecular weight is 283 g/mol. The average Bonchev–Trinajstić information content (AvgIpc) is 2.48. The third kappa shape index (κ3) is 4.54. The number of nitrogens with one attached hydrogen (secondary N) is 1. The fourth-order valence-corrected chi connectivity index (χ4v) is 2.13. The lowest BCUT2D eigenvalue weighted by Crippen LogP contribution is -2.22. The van der Waals surface area contributed by atoms with Crippen molar-refractivity contribution in [1.82, 2.24) is 5.32 Å². The molecule has 2 rings (SSSR count). The predicted molar refractivity (Wildman–Crippen MR) is 88.6 cm³/mol. The van der Waals surface area contributed by atoms with E-state index in [1.165, 1.54) is 23.3 Å². The molecule has 0 unspecified atom stereocenters. The predicted octanol–water partition coefficient (Wildman–Crippen LogP) is 4.89. The minimum Gasteiger partial charge on any atom is -0.311 e. The summed E-state index contributed by atoms with van der Waals surface area (Å²) in [6.07, 6.45) is 2.20. The van der Waals surface area contributed by atoms with Crippen LogP contribution < -0.4 is 5.32 Å². The van der Waals surface area contributed by atoms with Crippen molar-refractivity contribution in [1.29, 1.82) is 0 Å². The Bertz CT molecular complexity index is 594. The molecule has 0 heterocycles. The first-order valence-corrected chi connectivity index (χ1v) is 7.33. The Morgan fingerprint density at radius 2 is 1.52 bits per heavy atom. The van der Waals surface area contributed by atoms with Crippen molar-refractivity contribution in [3.8, 4) is 11.1 Å². The minimum absolute atomic E-state index is 0.202. The van der Waals surface area contributed by atoms with E-state index in [1.54, 1.807) is 12.1 Å². The van der Waals surface area contributed by atoms with E-state index in [-0.39, 0.29) is 5.82 Å². The van der Waals surface area contributed by atoms with Crippen LogP contribution in [0.3, 0.4) is 0 Å². The standard InChI is InChI=1S/C19H22FN/c1-14(2)21-13-12-15(3)16-4-6-17(7-5-16)18-8-10-19(20)11-9-18/h4-12,14,21H,13H2,1-3H3. The van der Waals surface area contributed by atoms with Gasteiger partial charge in [0.15, 0.2) is 0 Å².